The maximum atomic E-state index is 5.69. The Hall–Kier alpha value is -0.970. The van der Waals surface area contributed by atoms with Gasteiger partial charge in [0.1, 0.15) is 0 Å². The summed E-state index contributed by atoms with van der Waals surface area (Å²) in [5.74, 6) is 0.677. The first-order valence-electron chi connectivity index (χ1n) is 8.10. The summed E-state index contributed by atoms with van der Waals surface area (Å²) < 4.78 is 5.69. The van der Waals surface area contributed by atoms with Crippen molar-refractivity contribution in [3.05, 3.63) is 29.6 Å². The van der Waals surface area contributed by atoms with Gasteiger partial charge < -0.3 is 15.0 Å². The van der Waals surface area contributed by atoms with Gasteiger partial charge in [-0.2, -0.15) is 0 Å². The van der Waals surface area contributed by atoms with Gasteiger partial charge in [0.15, 0.2) is 0 Å². The van der Waals surface area contributed by atoms with E-state index in [1.807, 2.05) is 6.20 Å². The molecule has 1 aromatic heterocycles. The van der Waals surface area contributed by atoms with Crippen LogP contribution in [0.2, 0.25) is 0 Å². The zero-order chi connectivity index (χ0) is 15.5. The topological polar surface area (TPSA) is 37.4 Å². The van der Waals surface area contributed by atoms with E-state index in [1.54, 1.807) is 0 Å². The quantitative estimate of drug-likeness (QED) is 0.637. The normalized spacial score (nSPS) is 11.5. The third kappa shape index (κ3) is 8.15. The molecule has 4 nitrogen and oxygen atoms in total. The van der Waals surface area contributed by atoms with Crippen LogP contribution in [0.3, 0.4) is 0 Å². The van der Waals surface area contributed by atoms with Gasteiger partial charge in [-0.05, 0) is 37.2 Å². The Morgan fingerprint density at radius 1 is 1.24 bits per heavy atom. The van der Waals surface area contributed by atoms with Crippen molar-refractivity contribution in [3.8, 4) is 0 Å². The van der Waals surface area contributed by atoms with Crippen LogP contribution < -0.4 is 5.32 Å². The molecule has 1 rings (SSSR count). The maximum Gasteiger partial charge on any atom is 0.0888 e. The fraction of sp³-hybridized carbons (Fsp3) is 0.706. The van der Waals surface area contributed by atoms with Crippen LogP contribution in [0.15, 0.2) is 18.3 Å². The minimum absolute atomic E-state index is 0.598. The van der Waals surface area contributed by atoms with Crippen LogP contribution in [-0.2, 0) is 17.9 Å². The van der Waals surface area contributed by atoms with Gasteiger partial charge in [0.25, 0.3) is 0 Å². The number of hydrogen-bond donors (Lipinski definition) is 1. The highest BCUT2D eigenvalue weighted by atomic mass is 16.5. The van der Waals surface area contributed by atoms with Gasteiger partial charge in [0.2, 0.25) is 0 Å². The molecule has 1 N–H and O–H groups in total. The predicted octanol–water partition coefficient (Wildman–Crippen LogP) is 2.69. The predicted molar refractivity (Wildman–Crippen MR) is 88.2 cm³/mol. The summed E-state index contributed by atoms with van der Waals surface area (Å²) in [6.45, 7) is 15.2. The molecule has 0 bridgehead atoms. The monoisotopic (exact) mass is 293 g/mol. The number of hydrogen-bond acceptors (Lipinski definition) is 4. The third-order valence-electron chi connectivity index (χ3n) is 3.46. The van der Waals surface area contributed by atoms with Crippen LogP contribution in [0.5, 0.6) is 0 Å². The first kappa shape index (κ1) is 18.1. The Kier molecular flexibility index (Phi) is 9.22. The molecule has 4 heteroatoms. The molecule has 0 spiro atoms. The minimum Gasteiger partial charge on any atom is -0.374 e. The van der Waals surface area contributed by atoms with Crippen molar-refractivity contribution < 1.29 is 4.74 Å². The molecule has 0 amide bonds. The SMILES string of the molecule is CCN(CC)CCOCc1ccc(CNCC(C)C)cn1. The number of aromatic nitrogens is 1. The lowest BCUT2D eigenvalue weighted by molar-refractivity contribution is 0.0936. The summed E-state index contributed by atoms with van der Waals surface area (Å²) in [6, 6.07) is 4.19. The maximum absolute atomic E-state index is 5.69. The Bertz CT molecular complexity index is 361. The van der Waals surface area contributed by atoms with Crippen molar-refractivity contribution in [1.82, 2.24) is 15.2 Å². The number of likely N-dealkylation sites (N-methyl/N-ethyl adjacent to an activating group) is 1. The Labute approximate surface area is 129 Å². The van der Waals surface area contributed by atoms with Crippen LogP contribution in [0.25, 0.3) is 0 Å². The van der Waals surface area contributed by atoms with E-state index >= 15 is 0 Å². The van der Waals surface area contributed by atoms with E-state index in [1.165, 1.54) is 5.56 Å². The smallest absolute Gasteiger partial charge is 0.0888 e. The van der Waals surface area contributed by atoms with Crippen LogP contribution >= 0.6 is 0 Å². The van der Waals surface area contributed by atoms with Gasteiger partial charge >= 0.3 is 0 Å². The summed E-state index contributed by atoms with van der Waals surface area (Å²) in [6.07, 6.45) is 1.94. The molecule has 0 aliphatic rings. The first-order valence-corrected chi connectivity index (χ1v) is 8.10. The van der Waals surface area contributed by atoms with Crippen molar-refractivity contribution in [2.45, 2.75) is 40.8 Å². The zero-order valence-electron chi connectivity index (χ0n) is 14.1. The lowest BCUT2D eigenvalue weighted by atomic mass is 10.2. The first-order chi connectivity index (χ1) is 10.2. The lowest BCUT2D eigenvalue weighted by Gasteiger charge is -2.17. The second-order valence-electron chi connectivity index (χ2n) is 5.76. The highest BCUT2D eigenvalue weighted by Crippen LogP contribution is 2.02. The van der Waals surface area contributed by atoms with Crippen LogP contribution in [0.4, 0.5) is 0 Å². The lowest BCUT2D eigenvalue weighted by Crippen LogP contribution is -2.27. The van der Waals surface area contributed by atoms with Crippen LogP contribution in [0, 0.1) is 5.92 Å². The molecule has 120 valence electrons. The van der Waals surface area contributed by atoms with Crippen molar-refractivity contribution in [2.75, 3.05) is 32.8 Å². The van der Waals surface area contributed by atoms with Crippen molar-refractivity contribution in [1.29, 1.82) is 0 Å². The summed E-state index contributed by atoms with van der Waals surface area (Å²) >= 11 is 0. The molecule has 0 saturated carbocycles. The van der Waals surface area contributed by atoms with Gasteiger partial charge in [-0.25, -0.2) is 0 Å². The summed E-state index contributed by atoms with van der Waals surface area (Å²) in [4.78, 5) is 6.81. The highest BCUT2D eigenvalue weighted by molar-refractivity contribution is 5.13. The highest BCUT2D eigenvalue weighted by Gasteiger charge is 2.00. The molecular weight excluding hydrogens is 262 g/mol. The fourth-order valence-corrected chi connectivity index (χ4v) is 2.06. The molecule has 0 fully saturated rings. The summed E-state index contributed by atoms with van der Waals surface area (Å²) in [7, 11) is 0. The van der Waals surface area contributed by atoms with Gasteiger partial charge in [-0.1, -0.05) is 33.8 Å². The summed E-state index contributed by atoms with van der Waals surface area (Å²) in [5, 5.41) is 3.42. The van der Waals surface area contributed by atoms with E-state index in [-0.39, 0.29) is 0 Å². The molecule has 21 heavy (non-hydrogen) atoms. The van der Waals surface area contributed by atoms with Crippen LogP contribution in [0.1, 0.15) is 39.0 Å². The molecule has 0 radical (unpaired) electrons. The van der Waals surface area contributed by atoms with Crippen molar-refractivity contribution in [3.63, 3.8) is 0 Å². The minimum atomic E-state index is 0.598. The van der Waals surface area contributed by atoms with Crippen molar-refractivity contribution >= 4 is 0 Å². The largest absolute Gasteiger partial charge is 0.374 e. The Morgan fingerprint density at radius 2 is 2.00 bits per heavy atom. The van der Waals surface area contributed by atoms with Gasteiger partial charge in [0.05, 0.1) is 18.9 Å². The van der Waals surface area contributed by atoms with Gasteiger partial charge in [-0.15, -0.1) is 0 Å². The molecule has 0 saturated heterocycles. The molecule has 0 atom stereocenters. The van der Waals surface area contributed by atoms with Crippen molar-refractivity contribution in [2.24, 2.45) is 5.92 Å². The van der Waals surface area contributed by atoms with E-state index in [9.17, 15) is 0 Å². The summed E-state index contributed by atoms with van der Waals surface area (Å²) in [5.41, 5.74) is 2.23. The van der Waals surface area contributed by atoms with Gasteiger partial charge in [-0.3, -0.25) is 4.98 Å². The zero-order valence-corrected chi connectivity index (χ0v) is 14.1. The van der Waals surface area contributed by atoms with Crippen LogP contribution in [-0.4, -0.2) is 42.7 Å². The molecule has 0 aliphatic heterocycles. The third-order valence-corrected chi connectivity index (χ3v) is 3.46. The standard InChI is InChI=1S/C17H31N3O/c1-5-20(6-2)9-10-21-14-17-8-7-16(13-19-17)12-18-11-15(3)4/h7-8,13,15,18H,5-6,9-12,14H2,1-4H3. The number of nitrogens with zero attached hydrogens (tertiary/aromatic N) is 2. The van der Waals surface area contributed by atoms with E-state index in [2.05, 4.69) is 55.0 Å². The number of pyridine rings is 1. The average Bonchev–Trinajstić information content (AvgIpc) is 2.48. The average molecular weight is 293 g/mol. The Morgan fingerprint density at radius 3 is 2.57 bits per heavy atom. The molecular formula is C17H31N3O. The molecule has 1 heterocycles. The second-order valence-corrected chi connectivity index (χ2v) is 5.76. The fourth-order valence-electron chi connectivity index (χ4n) is 2.06. The van der Waals surface area contributed by atoms with E-state index in [4.69, 9.17) is 4.74 Å². The van der Waals surface area contributed by atoms with E-state index < -0.39 is 0 Å². The number of rotatable bonds is 11. The molecule has 1 aromatic rings. The van der Waals surface area contributed by atoms with Gasteiger partial charge in [0, 0.05) is 19.3 Å². The van der Waals surface area contributed by atoms with E-state index in [0.717, 1.165) is 45.0 Å². The number of nitrogens with one attached hydrogen (secondary N) is 1. The molecule has 0 unspecified atom stereocenters. The number of ether oxygens (including phenoxy) is 1. The second kappa shape index (κ2) is 10.7. The van der Waals surface area contributed by atoms with E-state index in [0.29, 0.717) is 12.5 Å². The Balaban J connectivity index is 2.21. The molecule has 0 aliphatic carbocycles. The molecule has 0 aromatic carbocycles.